The lowest BCUT2D eigenvalue weighted by Crippen LogP contribution is -2.23. The van der Waals surface area contributed by atoms with Gasteiger partial charge >= 0.3 is 0 Å². The van der Waals surface area contributed by atoms with E-state index in [1.54, 1.807) is 0 Å². The average molecular weight is 299 g/mol. The molecule has 0 aliphatic carbocycles. The molecule has 0 saturated carbocycles. The molecular weight excluding hydrogens is 283 g/mol. The molecule has 0 amide bonds. The maximum absolute atomic E-state index is 13.9. The molecule has 5 heteroatoms. The van der Waals surface area contributed by atoms with Crippen molar-refractivity contribution >= 4 is 11.3 Å². The summed E-state index contributed by atoms with van der Waals surface area (Å²) >= 11 is 1.51. The standard InChI is InChI=1S/C15H16F3NS/c1-3-10-5-6-13(20-10)15(19-4-2)14-11(17)7-9(16)8-12(14)18/h5-8,15,19H,3-4H2,1-2H3. The Bertz CT molecular complexity index is 572. The first-order chi connectivity index (χ1) is 9.56. The predicted molar refractivity (Wildman–Crippen MR) is 75.5 cm³/mol. The Hall–Kier alpha value is -1.33. The summed E-state index contributed by atoms with van der Waals surface area (Å²) in [6.45, 7) is 4.44. The SMILES string of the molecule is CCNC(c1ccc(CC)s1)c1c(F)cc(F)cc1F. The number of benzene rings is 1. The van der Waals surface area contributed by atoms with Gasteiger partial charge in [0.05, 0.1) is 6.04 Å². The van der Waals surface area contributed by atoms with E-state index >= 15 is 0 Å². The highest BCUT2D eigenvalue weighted by Crippen LogP contribution is 2.32. The third-order valence-corrected chi connectivity index (χ3v) is 4.35. The van der Waals surface area contributed by atoms with Crippen LogP contribution in [0.25, 0.3) is 0 Å². The minimum absolute atomic E-state index is 0.127. The predicted octanol–water partition coefficient (Wildman–Crippen LogP) is 4.43. The molecule has 108 valence electrons. The molecule has 0 spiro atoms. The fourth-order valence-corrected chi connectivity index (χ4v) is 3.16. The molecule has 0 saturated heterocycles. The molecule has 0 radical (unpaired) electrons. The second-order valence-corrected chi connectivity index (χ2v) is 5.63. The molecule has 1 unspecified atom stereocenters. The van der Waals surface area contributed by atoms with Crippen molar-refractivity contribution in [2.24, 2.45) is 0 Å². The number of hydrogen-bond donors (Lipinski definition) is 1. The maximum atomic E-state index is 13.9. The van der Waals surface area contributed by atoms with Crippen molar-refractivity contribution in [1.29, 1.82) is 0 Å². The van der Waals surface area contributed by atoms with E-state index in [9.17, 15) is 13.2 Å². The summed E-state index contributed by atoms with van der Waals surface area (Å²) in [6, 6.07) is 4.66. The van der Waals surface area contributed by atoms with Gasteiger partial charge in [0.1, 0.15) is 17.5 Å². The van der Waals surface area contributed by atoms with E-state index in [2.05, 4.69) is 5.32 Å². The Kier molecular flexibility index (Phi) is 4.83. The van der Waals surface area contributed by atoms with Crippen molar-refractivity contribution in [3.63, 3.8) is 0 Å². The Morgan fingerprint density at radius 1 is 1.10 bits per heavy atom. The zero-order valence-corrected chi connectivity index (χ0v) is 12.2. The smallest absolute Gasteiger partial charge is 0.134 e. The molecule has 1 aromatic heterocycles. The molecule has 1 heterocycles. The number of aryl methyl sites for hydroxylation is 1. The van der Waals surface area contributed by atoms with Gasteiger partial charge in [-0.25, -0.2) is 13.2 Å². The summed E-state index contributed by atoms with van der Waals surface area (Å²) in [4.78, 5) is 1.97. The van der Waals surface area contributed by atoms with E-state index in [1.165, 1.54) is 11.3 Å². The maximum Gasteiger partial charge on any atom is 0.134 e. The molecular formula is C15H16F3NS. The monoisotopic (exact) mass is 299 g/mol. The Morgan fingerprint density at radius 3 is 2.25 bits per heavy atom. The Morgan fingerprint density at radius 2 is 1.75 bits per heavy atom. The van der Waals surface area contributed by atoms with Gasteiger partial charge in [0.15, 0.2) is 0 Å². The summed E-state index contributed by atoms with van der Waals surface area (Å²) in [5.41, 5.74) is -0.127. The highest BCUT2D eigenvalue weighted by Gasteiger charge is 2.23. The van der Waals surface area contributed by atoms with E-state index in [4.69, 9.17) is 0 Å². The van der Waals surface area contributed by atoms with Gasteiger partial charge in [-0.2, -0.15) is 0 Å². The quantitative estimate of drug-likeness (QED) is 0.861. The summed E-state index contributed by atoms with van der Waals surface area (Å²) < 4.78 is 40.9. The Labute approximate surface area is 120 Å². The topological polar surface area (TPSA) is 12.0 Å². The first kappa shape index (κ1) is 15.1. The molecule has 0 fully saturated rings. The van der Waals surface area contributed by atoms with Crippen LogP contribution in [0.5, 0.6) is 0 Å². The van der Waals surface area contributed by atoms with Crippen LogP contribution in [0.2, 0.25) is 0 Å². The van der Waals surface area contributed by atoms with Gasteiger partial charge in [0.25, 0.3) is 0 Å². The largest absolute Gasteiger partial charge is 0.306 e. The molecule has 0 aliphatic heterocycles. The second kappa shape index (κ2) is 6.41. The second-order valence-electron chi connectivity index (χ2n) is 4.43. The highest BCUT2D eigenvalue weighted by molar-refractivity contribution is 7.12. The molecule has 2 rings (SSSR count). The van der Waals surface area contributed by atoms with Crippen molar-refractivity contribution in [1.82, 2.24) is 5.32 Å². The normalized spacial score (nSPS) is 12.7. The van der Waals surface area contributed by atoms with Crippen LogP contribution >= 0.6 is 11.3 Å². The molecule has 0 aliphatic rings. The third kappa shape index (κ3) is 3.04. The van der Waals surface area contributed by atoms with Crippen molar-refractivity contribution in [3.8, 4) is 0 Å². The molecule has 1 nitrogen and oxygen atoms in total. The molecule has 2 aromatic rings. The molecule has 1 atom stereocenters. The minimum atomic E-state index is -0.903. The lowest BCUT2D eigenvalue weighted by atomic mass is 10.0. The van der Waals surface area contributed by atoms with Crippen LogP contribution in [-0.2, 0) is 6.42 Å². The van der Waals surface area contributed by atoms with Gasteiger partial charge in [-0.1, -0.05) is 13.8 Å². The summed E-state index contributed by atoms with van der Waals surface area (Å²) in [7, 11) is 0. The first-order valence-electron chi connectivity index (χ1n) is 6.53. The highest BCUT2D eigenvalue weighted by atomic mass is 32.1. The molecule has 1 aromatic carbocycles. The Balaban J connectivity index is 2.48. The van der Waals surface area contributed by atoms with Gasteiger partial charge in [0, 0.05) is 27.5 Å². The van der Waals surface area contributed by atoms with Crippen LogP contribution in [0.15, 0.2) is 24.3 Å². The zero-order chi connectivity index (χ0) is 14.7. The van der Waals surface area contributed by atoms with Gasteiger partial charge in [0.2, 0.25) is 0 Å². The van der Waals surface area contributed by atoms with Crippen molar-refractivity contribution < 1.29 is 13.2 Å². The van der Waals surface area contributed by atoms with Crippen LogP contribution in [-0.4, -0.2) is 6.54 Å². The summed E-state index contributed by atoms with van der Waals surface area (Å²) in [5, 5.41) is 3.06. The lowest BCUT2D eigenvalue weighted by molar-refractivity contribution is 0.494. The fraction of sp³-hybridized carbons (Fsp3) is 0.333. The fourth-order valence-electron chi connectivity index (χ4n) is 2.12. The first-order valence-corrected chi connectivity index (χ1v) is 7.34. The number of hydrogen-bond acceptors (Lipinski definition) is 2. The molecule has 1 N–H and O–H groups in total. The van der Waals surface area contributed by atoms with Crippen LogP contribution in [0.4, 0.5) is 13.2 Å². The van der Waals surface area contributed by atoms with Gasteiger partial charge in [-0.05, 0) is 25.1 Å². The molecule has 0 bridgehead atoms. The number of nitrogens with one attached hydrogen (secondary N) is 1. The zero-order valence-electron chi connectivity index (χ0n) is 11.3. The van der Waals surface area contributed by atoms with E-state index in [0.29, 0.717) is 6.54 Å². The minimum Gasteiger partial charge on any atom is -0.306 e. The van der Waals surface area contributed by atoms with Gasteiger partial charge in [-0.15, -0.1) is 11.3 Å². The van der Waals surface area contributed by atoms with E-state index in [0.717, 1.165) is 28.3 Å². The third-order valence-electron chi connectivity index (χ3n) is 3.06. The van der Waals surface area contributed by atoms with Crippen LogP contribution in [0.1, 0.15) is 35.2 Å². The van der Waals surface area contributed by atoms with Crippen molar-refractivity contribution in [3.05, 3.63) is 57.0 Å². The lowest BCUT2D eigenvalue weighted by Gasteiger charge is -2.18. The summed E-state index contributed by atoms with van der Waals surface area (Å²) in [5.74, 6) is -2.63. The van der Waals surface area contributed by atoms with Crippen LogP contribution in [0, 0.1) is 17.5 Å². The van der Waals surface area contributed by atoms with Crippen molar-refractivity contribution in [2.45, 2.75) is 26.3 Å². The van der Waals surface area contributed by atoms with E-state index in [1.807, 2.05) is 26.0 Å². The molecule has 20 heavy (non-hydrogen) atoms. The number of halogens is 3. The van der Waals surface area contributed by atoms with Crippen molar-refractivity contribution in [2.75, 3.05) is 6.54 Å². The van der Waals surface area contributed by atoms with Gasteiger partial charge in [-0.3, -0.25) is 0 Å². The number of thiophene rings is 1. The summed E-state index contributed by atoms with van der Waals surface area (Å²) in [6.07, 6.45) is 0.873. The van der Waals surface area contributed by atoms with Crippen LogP contribution < -0.4 is 5.32 Å². The number of rotatable bonds is 5. The van der Waals surface area contributed by atoms with E-state index < -0.39 is 23.5 Å². The average Bonchev–Trinajstić information content (AvgIpc) is 2.85. The van der Waals surface area contributed by atoms with Crippen LogP contribution in [0.3, 0.4) is 0 Å². The van der Waals surface area contributed by atoms with Gasteiger partial charge < -0.3 is 5.32 Å². The van der Waals surface area contributed by atoms with E-state index in [-0.39, 0.29) is 5.56 Å².